The molecule has 23 heavy (non-hydrogen) atoms. The highest BCUT2D eigenvalue weighted by molar-refractivity contribution is 5.99. The minimum Gasteiger partial charge on any atom is -0.508 e. The highest BCUT2D eigenvalue weighted by Crippen LogP contribution is 2.35. The Morgan fingerprint density at radius 3 is 2.39 bits per heavy atom. The quantitative estimate of drug-likeness (QED) is 0.361. The molecule has 1 aliphatic heterocycles. The normalized spacial score (nSPS) is 30.9. The van der Waals surface area contributed by atoms with Crippen LogP contribution in [-0.2, 0) is 4.74 Å². The van der Waals surface area contributed by atoms with E-state index in [4.69, 9.17) is 14.6 Å². The number of phenolic OH excluding ortho intramolecular Hbond substituents is 2. The summed E-state index contributed by atoms with van der Waals surface area (Å²) in [6.45, 7) is 0.516. The van der Waals surface area contributed by atoms with Crippen molar-refractivity contribution in [2.75, 3.05) is 6.61 Å². The number of Topliss-reactive ketones (excluding diaryl/α,β-unsaturated/α-hetero) is 1. The van der Waals surface area contributed by atoms with Crippen molar-refractivity contribution in [2.45, 2.75) is 37.6 Å². The third-order valence-corrected chi connectivity index (χ3v) is 3.51. The number of aromatic hydroxyl groups is 2. The number of phenols is 2. The molecule has 1 fully saturated rings. The molecule has 5 unspecified atom stereocenters. The van der Waals surface area contributed by atoms with Crippen LogP contribution in [0, 0.1) is 0 Å². The first-order valence-corrected chi connectivity index (χ1v) is 6.80. The van der Waals surface area contributed by atoms with Gasteiger partial charge in [0.15, 0.2) is 5.78 Å². The first-order chi connectivity index (χ1) is 10.8. The van der Waals surface area contributed by atoms with Crippen LogP contribution in [0.3, 0.4) is 0 Å². The van der Waals surface area contributed by atoms with E-state index in [1.54, 1.807) is 0 Å². The molecule has 1 aliphatic rings. The molecule has 6 N–H and O–H groups in total. The van der Waals surface area contributed by atoms with E-state index in [2.05, 4.69) is 0 Å². The summed E-state index contributed by atoms with van der Waals surface area (Å²) >= 11 is 0. The van der Waals surface area contributed by atoms with Crippen LogP contribution in [-0.4, -0.2) is 73.7 Å². The second kappa shape index (κ2) is 6.69. The molecule has 1 aromatic rings. The van der Waals surface area contributed by atoms with Crippen LogP contribution < -0.4 is 4.74 Å². The lowest BCUT2D eigenvalue weighted by molar-refractivity contribution is -0.277. The van der Waals surface area contributed by atoms with Crippen molar-refractivity contribution in [3.05, 3.63) is 17.7 Å². The summed E-state index contributed by atoms with van der Waals surface area (Å²) in [5, 5.41) is 57.6. The molecule has 0 aliphatic carbocycles. The van der Waals surface area contributed by atoms with Gasteiger partial charge >= 0.3 is 0 Å². The fourth-order valence-electron chi connectivity index (χ4n) is 2.32. The van der Waals surface area contributed by atoms with Gasteiger partial charge in [-0.05, 0) is 6.92 Å². The topological polar surface area (TPSA) is 157 Å². The van der Waals surface area contributed by atoms with E-state index in [1.807, 2.05) is 0 Å². The van der Waals surface area contributed by atoms with Gasteiger partial charge in [-0.2, -0.15) is 0 Å². The molecule has 1 aromatic carbocycles. The SMILES string of the molecule is CC(=O)c1c(O)cc(O)cc1OC1OC(CO)C(O)C(O)C1O. The lowest BCUT2D eigenvalue weighted by atomic mass is 9.99. The molecule has 1 saturated heterocycles. The van der Waals surface area contributed by atoms with E-state index in [1.165, 1.54) is 0 Å². The van der Waals surface area contributed by atoms with Crippen LogP contribution in [0.15, 0.2) is 12.1 Å². The smallest absolute Gasteiger partial charge is 0.229 e. The van der Waals surface area contributed by atoms with E-state index < -0.39 is 54.6 Å². The Bertz CT molecular complexity index is 586. The predicted octanol–water partition coefficient (Wildman–Crippen LogP) is -1.52. The third kappa shape index (κ3) is 3.38. The maximum atomic E-state index is 11.6. The molecule has 0 radical (unpaired) electrons. The standard InChI is InChI=1S/C14H18O9/c1-5(16)10-7(18)2-6(17)3-8(10)22-14-13(21)12(20)11(19)9(4-15)23-14/h2-3,9,11-15,17-21H,4H2,1H3. The van der Waals surface area contributed by atoms with Crippen LogP contribution in [0.4, 0.5) is 0 Å². The Kier molecular flexibility index (Phi) is 5.07. The van der Waals surface area contributed by atoms with Gasteiger partial charge in [0.1, 0.15) is 47.2 Å². The summed E-state index contributed by atoms with van der Waals surface area (Å²) in [7, 11) is 0. The minimum atomic E-state index is -1.68. The molecule has 0 aromatic heterocycles. The van der Waals surface area contributed by atoms with E-state index in [9.17, 15) is 30.3 Å². The third-order valence-electron chi connectivity index (χ3n) is 3.51. The van der Waals surface area contributed by atoms with Gasteiger partial charge in [0.05, 0.1) is 6.61 Å². The van der Waals surface area contributed by atoms with Crippen LogP contribution in [0.2, 0.25) is 0 Å². The Labute approximate surface area is 130 Å². The molecule has 128 valence electrons. The average Bonchev–Trinajstić information content (AvgIpc) is 2.46. The van der Waals surface area contributed by atoms with Crippen molar-refractivity contribution in [1.29, 1.82) is 0 Å². The Morgan fingerprint density at radius 1 is 1.17 bits per heavy atom. The lowest BCUT2D eigenvalue weighted by Crippen LogP contribution is -2.60. The molecule has 5 atom stereocenters. The summed E-state index contributed by atoms with van der Waals surface area (Å²) in [5.41, 5.74) is -0.250. The molecule has 0 amide bonds. The second-order valence-electron chi connectivity index (χ2n) is 5.21. The predicted molar refractivity (Wildman–Crippen MR) is 74.2 cm³/mol. The summed E-state index contributed by atoms with van der Waals surface area (Å²) in [5.74, 6) is -1.77. The number of ether oxygens (including phenoxy) is 2. The zero-order valence-corrected chi connectivity index (χ0v) is 12.2. The van der Waals surface area contributed by atoms with Gasteiger partial charge in [-0.3, -0.25) is 4.79 Å². The van der Waals surface area contributed by atoms with E-state index >= 15 is 0 Å². The van der Waals surface area contributed by atoms with Gasteiger partial charge in [-0.15, -0.1) is 0 Å². The van der Waals surface area contributed by atoms with Crippen LogP contribution in [0.5, 0.6) is 17.2 Å². The Hall–Kier alpha value is -1.91. The largest absolute Gasteiger partial charge is 0.508 e. The van der Waals surface area contributed by atoms with Crippen LogP contribution in [0.1, 0.15) is 17.3 Å². The van der Waals surface area contributed by atoms with Crippen molar-refractivity contribution in [3.63, 3.8) is 0 Å². The van der Waals surface area contributed by atoms with Crippen LogP contribution in [0.25, 0.3) is 0 Å². The number of ketones is 1. The number of carbonyl (C=O) groups excluding carboxylic acids is 1. The minimum absolute atomic E-state index is 0.250. The maximum absolute atomic E-state index is 11.6. The van der Waals surface area contributed by atoms with E-state index in [0.29, 0.717) is 0 Å². The van der Waals surface area contributed by atoms with Gasteiger partial charge in [0.25, 0.3) is 0 Å². The number of aliphatic hydroxyl groups is 4. The summed E-state index contributed by atoms with van der Waals surface area (Å²) in [6, 6.07) is 1.97. The molecular formula is C14H18O9. The molecule has 0 bridgehead atoms. The van der Waals surface area contributed by atoms with Gasteiger partial charge in [0.2, 0.25) is 6.29 Å². The number of hydrogen-bond donors (Lipinski definition) is 6. The number of carbonyl (C=O) groups is 1. The molecule has 9 heteroatoms. The van der Waals surface area contributed by atoms with E-state index in [-0.39, 0.29) is 11.3 Å². The molecule has 9 nitrogen and oxygen atoms in total. The number of hydrogen-bond acceptors (Lipinski definition) is 9. The van der Waals surface area contributed by atoms with Gasteiger partial charge < -0.3 is 40.1 Å². The van der Waals surface area contributed by atoms with Crippen molar-refractivity contribution in [3.8, 4) is 17.2 Å². The number of benzene rings is 1. The summed E-state index contributed by atoms with van der Waals surface area (Å²) < 4.78 is 10.4. The first-order valence-electron chi connectivity index (χ1n) is 6.80. The first kappa shape index (κ1) is 17.4. The molecule has 1 heterocycles. The zero-order chi connectivity index (χ0) is 17.3. The Balaban J connectivity index is 2.33. The fourth-order valence-corrected chi connectivity index (χ4v) is 2.32. The van der Waals surface area contributed by atoms with Crippen molar-refractivity contribution >= 4 is 5.78 Å². The molecule has 2 rings (SSSR count). The van der Waals surface area contributed by atoms with Gasteiger partial charge in [-0.1, -0.05) is 0 Å². The molecule has 0 spiro atoms. The van der Waals surface area contributed by atoms with Crippen molar-refractivity contribution in [1.82, 2.24) is 0 Å². The highest BCUT2D eigenvalue weighted by atomic mass is 16.7. The number of aliphatic hydroxyl groups excluding tert-OH is 4. The summed E-state index contributed by atoms with van der Waals surface area (Å²) in [4.78, 5) is 11.6. The molecule has 0 saturated carbocycles. The van der Waals surface area contributed by atoms with Gasteiger partial charge in [-0.25, -0.2) is 0 Å². The van der Waals surface area contributed by atoms with Gasteiger partial charge in [0, 0.05) is 12.1 Å². The van der Waals surface area contributed by atoms with Crippen molar-refractivity contribution in [2.24, 2.45) is 0 Å². The monoisotopic (exact) mass is 330 g/mol. The Morgan fingerprint density at radius 2 is 1.83 bits per heavy atom. The molecular weight excluding hydrogens is 312 g/mol. The lowest BCUT2D eigenvalue weighted by Gasteiger charge is -2.39. The summed E-state index contributed by atoms with van der Waals surface area (Å²) in [6.07, 6.45) is -7.62. The maximum Gasteiger partial charge on any atom is 0.229 e. The highest BCUT2D eigenvalue weighted by Gasteiger charge is 2.45. The average molecular weight is 330 g/mol. The zero-order valence-electron chi connectivity index (χ0n) is 12.2. The van der Waals surface area contributed by atoms with Crippen LogP contribution >= 0.6 is 0 Å². The van der Waals surface area contributed by atoms with E-state index in [0.717, 1.165) is 19.1 Å². The fraction of sp³-hybridized carbons (Fsp3) is 0.500. The second-order valence-corrected chi connectivity index (χ2v) is 5.21. The van der Waals surface area contributed by atoms with Crippen molar-refractivity contribution < 1.29 is 44.9 Å². The number of rotatable bonds is 4.